The van der Waals surface area contributed by atoms with Gasteiger partial charge in [0.1, 0.15) is 42.7 Å². The lowest BCUT2D eigenvalue weighted by molar-refractivity contribution is -0.329. The van der Waals surface area contributed by atoms with Gasteiger partial charge in [0.15, 0.2) is 12.6 Å². The lowest BCUT2D eigenvalue weighted by Gasteiger charge is -2.47. The Morgan fingerprint density at radius 1 is 1.00 bits per heavy atom. The molecule has 1 amide bonds. The summed E-state index contributed by atoms with van der Waals surface area (Å²) < 4.78 is 27.2. The zero-order valence-electron chi connectivity index (χ0n) is 16.0. The number of amides is 1. The number of carbonyl (C=O) groups excluding carboxylic acids is 1. The summed E-state index contributed by atoms with van der Waals surface area (Å²) in [5.41, 5.74) is 5.98. The zero-order valence-corrected chi connectivity index (χ0v) is 16.0. The predicted octanol–water partition coefficient (Wildman–Crippen LogP) is -3.98. The third-order valence-corrected chi connectivity index (χ3v) is 4.92. The van der Waals surface area contributed by atoms with Gasteiger partial charge in [0.25, 0.3) is 0 Å². The zero-order chi connectivity index (χ0) is 21.0. The van der Waals surface area contributed by atoms with E-state index in [9.17, 15) is 25.2 Å². The molecule has 0 saturated carbocycles. The Morgan fingerprint density at radius 3 is 2.07 bits per heavy atom. The van der Waals surface area contributed by atoms with E-state index < -0.39 is 80.4 Å². The van der Waals surface area contributed by atoms with E-state index in [1.54, 1.807) is 0 Å². The van der Waals surface area contributed by atoms with Crippen molar-refractivity contribution in [1.29, 1.82) is 0 Å². The van der Waals surface area contributed by atoms with Gasteiger partial charge < -0.3 is 55.2 Å². The van der Waals surface area contributed by atoms with Crippen molar-refractivity contribution < 1.29 is 48.9 Å². The van der Waals surface area contributed by atoms with Crippen molar-refractivity contribution >= 4 is 5.91 Å². The standard InChI is InChI=1S/C16H30N2O10/c1-6(21)18-10-12(23)14(8(5-20)27-16(10)25-3)28-15-9(17)11(22)13(24-2)7(4-19)26-15/h7-16,19-20,22-23H,4-5,17H2,1-3H3,(H,18,21)/t7?,8-,9?,10?,11+,12?,13+,14+,15-,16+/m0/s1. The average Bonchev–Trinajstić information content (AvgIpc) is 2.67. The first-order valence-electron chi connectivity index (χ1n) is 8.91. The van der Waals surface area contributed by atoms with E-state index in [4.69, 9.17) is 29.4 Å². The summed E-state index contributed by atoms with van der Waals surface area (Å²) in [6.45, 7) is 0.277. The summed E-state index contributed by atoms with van der Waals surface area (Å²) in [7, 11) is 2.67. The quantitative estimate of drug-likeness (QED) is 0.241. The molecule has 0 radical (unpaired) electrons. The molecule has 12 nitrogen and oxygen atoms in total. The van der Waals surface area contributed by atoms with Crippen LogP contribution in [0.1, 0.15) is 6.92 Å². The summed E-state index contributed by atoms with van der Waals surface area (Å²) in [5.74, 6) is -0.430. The van der Waals surface area contributed by atoms with Gasteiger partial charge in [-0.05, 0) is 0 Å². The number of hydrogen-bond donors (Lipinski definition) is 6. The number of nitrogens with two attached hydrogens (primary N) is 1. The molecule has 2 fully saturated rings. The Hall–Kier alpha value is -0.930. The molecular formula is C16H30N2O10. The van der Waals surface area contributed by atoms with E-state index in [0.29, 0.717) is 0 Å². The number of aliphatic hydroxyl groups excluding tert-OH is 4. The minimum Gasteiger partial charge on any atom is -0.394 e. The van der Waals surface area contributed by atoms with E-state index in [0.717, 1.165) is 0 Å². The highest BCUT2D eigenvalue weighted by molar-refractivity contribution is 5.73. The molecule has 7 N–H and O–H groups in total. The highest BCUT2D eigenvalue weighted by atomic mass is 16.7. The van der Waals surface area contributed by atoms with Gasteiger partial charge in [-0.25, -0.2) is 0 Å². The second kappa shape index (κ2) is 10.2. The smallest absolute Gasteiger partial charge is 0.217 e. The van der Waals surface area contributed by atoms with Gasteiger partial charge in [0.05, 0.1) is 19.3 Å². The Morgan fingerprint density at radius 2 is 1.57 bits per heavy atom. The molecule has 2 saturated heterocycles. The molecule has 12 heteroatoms. The SMILES string of the molecule is CO[C@@H]1O[C@@H](CO)[C@@H](O[C@@H]2OC(CO)[C@@H](OC)[C@H](O)C2N)C(O)C1NC(C)=O. The number of ether oxygens (including phenoxy) is 5. The van der Waals surface area contributed by atoms with Gasteiger partial charge in [-0.15, -0.1) is 0 Å². The maximum atomic E-state index is 11.5. The predicted molar refractivity (Wildman–Crippen MR) is 91.8 cm³/mol. The van der Waals surface area contributed by atoms with Crippen molar-refractivity contribution in [1.82, 2.24) is 5.32 Å². The molecule has 2 heterocycles. The first-order valence-corrected chi connectivity index (χ1v) is 8.91. The van der Waals surface area contributed by atoms with Gasteiger partial charge >= 0.3 is 0 Å². The van der Waals surface area contributed by atoms with Gasteiger partial charge in [0, 0.05) is 21.1 Å². The topological polar surface area (TPSA) is 182 Å². The molecule has 2 aliphatic rings. The maximum Gasteiger partial charge on any atom is 0.217 e. The summed E-state index contributed by atoms with van der Waals surface area (Å²) in [4.78, 5) is 11.5. The number of carbonyl (C=O) groups is 1. The van der Waals surface area contributed by atoms with E-state index >= 15 is 0 Å². The van der Waals surface area contributed by atoms with Gasteiger partial charge in [-0.2, -0.15) is 0 Å². The van der Waals surface area contributed by atoms with Crippen molar-refractivity contribution in [3.63, 3.8) is 0 Å². The molecule has 0 aromatic carbocycles. The number of hydrogen-bond acceptors (Lipinski definition) is 11. The van der Waals surface area contributed by atoms with Crippen LogP contribution >= 0.6 is 0 Å². The lowest BCUT2D eigenvalue weighted by atomic mass is 9.95. The summed E-state index contributed by atoms with van der Waals surface area (Å²) in [6, 6.07) is -2.06. The Bertz CT molecular complexity index is 510. The largest absolute Gasteiger partial charge is 0.394 e. The fourth-order valence-corrected chi connectivity index (χ4v) is 3.48. The molecule has 0 aromatic rings. The third kappa shape index (κ3) is 4.79. The first kappa shape index (κ1) is 23.3. The Kier molecular flexibility index (Phi) is 8.51. The number of rotatable bonds is 7. The second-order valence-corrected chi connectivity index (χ2v) is 6.77. The second-order valence-electron chi connectivity index (χ2n) is 6.77. The highest BCUT2D eigenvalue weighted by Crippen LogP contribution is 2.29. The van der Waals surface area contributed by atoms with Gasteiger partial charge in [0.2, 0.25) is 5.91 Å². The minimum atomic E-state index is -1.35. The maximum absolute atomic E-state index is 11.5. The fourth-order valence-electron chi connectivity index (χ4n) is 3.48. The van der Waals surface area contributed by atoms with Gasteiger partial charge in [-0.1, -0.05) is 0 Å². The van der Waals surface area contributed by atoms with E-state index in [1.165, 1.54) is 21.1 Å². The van der Waals surface area contributed by atoms with Crippen LogP contribution in [0.3, 0.4) is 0 Å². The number of nitrogens with one attached hydrogen (secondary N) is 1. The lowest BCUT2D eigenvalue weighted by Crippen LogP contribution is -2.68. The molecule has 0 aromatic heterocycles. The molecule has 164 valence electrons. The summed E-state index contributed by atoms with van der Waals surface area (Å²) in [6.07, 6.45) is -8.81. The summed E-state index contributed by atoms with van der Waals surface area (Å²) >= 11 is 0. The van der Waals surface area contributed by atoms with Crippen LogP contribution in [0.5, 0.6) is 0 Å². The van der Waals surface area contributed by atoms with Crippen molar-refractivity contribution in [2.45, 2.75) is 68.2 Å². The van der Waals surface area contributed by atoms with Crippen molar-refractivity contribution in [2.24, 2.45) is 5.73 Å². The molecule has 10 atom stereocenters. The molecule has 2 aliphatic heterocycles. The van der Waals surface area contributed by atoms with Crippen LogP contribution in [0.15, 0.2) is 0 Å². The number of methoxy groups -OCH3 is 2. The van der Waals surface area contributed by atoms with Crippen LogP contribution in [0.4, 0.5) is 0 Å². The molecule has 0 bridgehead atoms. The van der Waals surface area contributed by atoms with Crippen molar-refractivity contribution in [3.8, 4) is 0 Å². The molecule has 0 spiro atoms. The Labute approximate surface area is 162 Å². The van der Waals surface area contributed by atoms with Crippen LogP contribution in [-0.2, 0) is 28.5 Å². The van der Waals surface area contributed by atoms with Gasteiger partial charge in [-0.3, -0.25) is 4.79 Å². The highest BCUT2D eigenvalue weighted by Gasteiger charge is 2.50. The molecular weight excluding hydrogens is 380 g/mol. The number of aliphatic hydroxyl groups is 4. The van der Waals surface area contributed by atoms with E-state index in [-0.39, 0.29) is 0 Å². The van der Waals surface area contributed by atoms with Crippen molar-refractivity contribution in [2.75, 3.05) is 27.4 Å². The molecule has 2 rings (SSSR count). The van der Waals surface area contributed by atoms with Crippen LogP contribution < -0.4 is 11.1 Å². The molecule has 0 aliphatic carbocycles. The van der Waals surface area contributed by atoms with Crippen molar-refractivity contribution in [3.05, 3.63) is 0 Å². The minimum absolute atomic E-state index is 0.430. The Balaban J connectivity index is 2.20. The molecule has 28 heavy (non-hydrogen) atoms. The van der Waals surface area contributed by atoms with E-state index in [2.05, 4.69) is 5.32 Å². The monoisotopic (exact) mass is 410 g/mol. The van der Waals surface area contributed by atoms with Crippen LogP contribution in [0.2, 0.25) is 0 Å². The normalized spacial score (nSPS) is 44.3. The third-order valence-electron chi connectivity index (χ3n) is 4.92. The first-order chi connectivity index (χ1) is 13.3. The van der Waals surface area contributed by atoms with E-state index in [1.807, 2.05) is 0 Å². The fraction of sp³-hybridized carbons (Fsp3) is 0.938. The summed E-state index contributed by atoms with van der Waals surface area (Å²) in [5, 5.41) is 42.7. The average molecular weight is 410 g/mol. The van der Waals surface area contributed by atoms with Crippen LogP contribution in [0, 0.1) is 0 Å². The molecule has 4 unspecified atom stereocenters. The van der Waals surface area contributed by atoms with Crippen LogP contribution in [-0.4, -0.2) is 115 Å². The van der Waals surface area contributed by atoms with Crippen LogP contribution in [0.25, 0.3) is 0 Å².